The number of hydrogen-bond acceptors (Lipinski definition) is 3. The van der Waals surface area contributed by atoms with Gasteiger partial charge in [-0.25, -0.2) is 4.39 Å². The van der Waals surface area contributed by atoms with Crippen molar-refractivity contribution in [1.29, 1.82) is 0 Å². The minimum Gasteiger partial charge on any atom is -0.387 e. The highest BCUT2D eigenvalue weighted by atomic mass is 35.5. The van der Waals surface area contributed by atoms with Crippen molar-refractivity contribution in [1.82, 2.24) is 10.6 Å². The van der Waals surface area contributed by atoms with Crippen LogP contribution < -0.4 is 10.6 Å². The van der Waals surface area contributed by atoms with E-state index in [0.717, 1.165) is 10.8 Å². The average molecular weight is 339 g/mol. The molecule has 1 heterocycles. The van der Waals surface area contributed by atoms with Gasteiger partial charge in [-0.2, -0.15) is 0 Å². The van der Waals surface area contributed by atoms with E-state index in [0.29, 0.717) is 12.1 Å². The molecule has 3 rings (SSSR count). The van der Waals surface area contributed by atoms with Crippen molar-refractivity contribution in [2.24, 2.45) is 0 Å². The molecule has 1 saturated heterocycles. The van der Waals surface area contributed by atoms with Crippen LogP contribution in [0.5, 0.6) is 0 Å². The van der Waals surface area contributed by atoms with E-state index in [1.54, 1.807) is 0 Å². The summed E-state index contributed by atoms with van der Waals surface area (Å²) in [6.07, 6.45) is -0.684. The number of benzene rings is 2. The van der Waals surface area contributed by atoms with Gasteiger partial charge in [0.25, 0.3) is 5.91 Å². The third-order valence-electron chi connectivity index (χ3n) is 4.12. The Hall–Kier alpha value is -1.69. The maximum absolute atomic E-state index is 14.2. The molecule has 0 radical (unpaired) electrons. The Kier molecular flexibility index (Phi) is 5.57. The van der Waals surface area contributed by atoms with Gasteiger partial charge in [0.2, 0.25) is 5.67 Å². The van der Waals surface area contributed by atoms with Crippen LogP contribution in [0.2, 0.25) is 0 Å². The number of hydrogen-bond donors (Lipinski definition) is 3. The van der Waals surface area contributed by atoms with Crippen LogP contribution >= 0.6 is 12.4 Å². The maximum atomic E-state index is 14.2. The molecule has 1 amide bonds. The molecular weight excluding hydrogens is 319 g/mol. The Labute approximate surface area is 140 Å². The fraction of sp³-hybridized carbons (Fsp3) is 0.353. The molecule has 1 fully saturated rings. The van der Waals surface area contributed by atoms with Gasteiger partial charge in [-0.3, -0.25) is 4.79 Å². The summed E-state index contributed by atoms with van der Waals surface area (Å²) in [5.41, 5.74) is -1.15. The number of alkyl halides is 1. The zero-order chi connectivity index (χ0) is 15.6. The van der Waals surface area contributed by atoms with Crippen LogP contribution in [0.15, 0.2) is 42.5 Å². The smallest absolute Gasteiger partial charge is 0.259 e. The Balaban J connectivity index is 0.00000192. The van der Waals surface area contributed by atoms with Crippen LogP contribution in [0.4, 0.5) is 4.39 Å². The molecule has 1 aliphatic rings. The lowest BCUT2D eigenvalue weighted by Crippen LogP contribution is -2.46. The molecule has 124 valence electrons. The van der Waals surface area contributed by atoms with Crippen LogP contribution in [0.3, 0.4) is 0 Å². The van der Waals surface area contributed by atoms with Gasteiger partial charge in [-0.1, -0.05) is 36.4 Å². The maximum Gasteiger partial charge on any atom is 0.259 e. The van der Waals surface area contributed by atoms with E-state index < -0.39 is 17.7 Å². The number of rotatable bonds is 4. The molecule has 4 nitrogen and oxygen atoms in total. The van der Waals surface area contributed by atoms with Gasteiger partial charge in [0.05, 0.1) is 6.10 Å². The lowest BCUT2D eigenvalue weighted by Gasteiger charge is -2.19. The number of aliphatic hydroxyl groups is 1. The van der Waals surface area contributed by atoms with Gasteiger partial charge in [-0.15, -0.1) is 12.4 Å². The number of carbonyl (C=O) groups excluding carboxylic acids is 1. The molecule has 1 aliphatic heterocycles. The number of amides is 1. The summed E-state index contributed by atoms with van der Waals surface area (Å²) >= 11 is 0. The first-order chi connectivity index (χ1) is 10.6. The highest BCUT2D eigenvalue weighted by Gasteiger charge is 2.41. The largest absolute Gasteiger partial charge is 0.387 e. The van der Waals surface area contributed by atoms with Crippen molar-refractivity contribution in [2.75, 3.05) is 19.6 Å². The molecule has 23 heavy (non-hydrogen) atoms. The van der Waals surface area contributed by atoms with Crippen molar-refractivity contribution < 1.29 is 14.3 Å². The third kappa shape index (κ3) is 3.80. The summed E-state index contributed by atoms with van der Waals surface area (Å²) in [6.45, 7) is 0.533. The van der Waals surface area contributed by atoms with Gasteiger partial charge in [0.1, 0.15) is 0 Å². The van der Waals surface area contributed by atoms with Crippen LogP contribution in [0.25, 0.3) is 10.8 Å². The van der Waals surface area contributed by atoms with Gasteiger partial charge >= 0.3 is 0 Å². The van der Waals surface area contributed by atoms with E-state index in [9.17, 15) is 14.3 Å². The highest BCUT2D eigenvalue weighted by Crippen LogP contribution is 2.22. The van der Waals surface area contributed by atoms with Crippen molar-refractivity contribution >= 4 is 29.1 Å². The van der Waals surface area contributed by atoms with E-state index in [2.05, 4.69) is 10.6 Å². The number of nitrogens with one attached hydrogen (secondary N) is 2. The predicted molar refractivity (Wildman–Crippen MR) is 90.5 cm³/mol. The number of fused-ring (bicyclic) bond motifs is 1. The second-order valence-electron chi connectivity index (χ2n) is 5.72. The molecule has 0 aliphatic carbocycles. The van der Waals surface area contributed by atoms with Crippen LogP contribution in [-0.2, 0) is 4.79 Å². The SMILES string of the molecule is Cl.O=C(NCC(O)c1ccc2ccccc2c1)C1(F)CCNC1. The van der Waals surface area contributed by atoms with Gasteiger partial charge in [0, 0.05) is 19.5 Å². The van der Waals surface area contributed by atoms with E-state index in [4.69, 9.17) is 0 Å². The van der Waals surface area contributed by atoms with Crippen LogP contribution in [0, 0.1) is 0 Å². The van der Waals surface area contributed by atoms with Crippen molar-refractivity contribution in [3.8, 4) is 0 Å². The Morgan fingerprint density at radius 2 is 2.04 bits per heavy atom. The lowest BCUT2D eigenvalue weighted by atomic mass is 10.0. The average Bonchev–Trinajstić information content (AvgIpc) is 2.99. The summed E-state index contributed by atoms with van der Waals surface area (Å²) in [5.74, 6) is -0.655. The molecule has 2 aromatic rings. The topological polar surface area (TPSA) is 61.4 Å². The van der Waals surface area contributed by atoms with Gasteiger partial charge in [0.15, 0.2) is 0 Å². The summed E-state index contributed by atoms with van der Waals surface area (Å²) in [6, 6.07) is 13.5. The fourth-order valence-electron chi connectivity index (χ4n) is 2.74. The normalized spacial score (nSPS) is 21.7. The molecule has 6 heteroatoms. The predicted octanol–water partition coefficient (Wildman–Crippen LogP) is 2.11. The molecule has 2 atom stereocenters. The second kappa shape index (κ2) is 7.25. The summed E-state index contributed by atoms with van der Waals surface area (Å²) in [4.78, 5) is 11.9. The Bertz CT molecular complexity index is 689. The first-order valence-corrected chi connectivity index (χ1v) is 7.43. The zero-order valence-corrected chi connectivity index (χ0v) is 13.4. The van der Waals surface area contributed by atoms with Crippen LogP contribution in [-0.4, -0.2) is 36.3 Å². The summed E-state index contributed by atoms with van der Waals surface area (Å²) < 4.78 is 14.2. The monoisotopic (exact) mass is 338 g/mol. The van der Waals surface area contributed by atoms with E-state index in [-0.39, 0.29) is 31.9 Å². The second-order valence-corrected chi connectivity index (χ2v) is 5.72. The highest BCUT2D eigenvalue weighted by molar-refractivity contribution is 5.86. The number of aliphatic hydroxyl groups excluding tert-OH is 1. The number of carbonyl (C=O) groups is 1. The summed E-state index contributed by atoms with van der Waals surface area (Å²) in [5, 5.41) is 17.7. The third-order valence-corrected chi connectivity index (χ3v) is 4.12. The lowest BCUT2D eigenvalue weighted by molar-refractivity contribution is -0.132. The molecule has 3 N–H and O–H groups in total. The summed E-state index contributed by atoms with van der Waals surface area (Å²) in [7, 11) is 0. The first kappa shape index (κ1) is 17.7. The zero-order valence-electron chi connectivity index (χ0n) is 12.6. The molecule has 0 aromatic heterocycles. The quantitative estimate of drug-likeness (QED) is 0.800. The molecule has 0 spiro atoms. The van der Waals surface area contributed by atoms with E-state index >= 15 is 0 Å². The van der Waals surface area contributed by atoms with Crippen molar-refractivity contribution in [2.45, 2.75) is 18.2 Å². The van der Waals surface area contributed by atoms with Gasteiger partial charge in [-0.05, 0) is 28.9 Å². The Morgan fingerprint density at radius 3 is 2.74 bits per heavy atom. The number of halogens is 2. The standard InChI is InChI=1S/C17H19FN2O2.ClH/c18-17(7-8-19-11-17)16(22)20-10-15(21)14-6-5-12-3-1-2-4-13(12)9-14;/h1-6,9,15,19,21H,7-8,10-11H2,(H,20,22);1H. The minimum absolute atomic E-state index is 0. The first-order valence-electron chi connectivity index (χ1n) is 7.43. The Morgan fingerprint density at radius 1 is 1.30 bits per heavy atom. The van der Waals surface area contributed by atoms with Crippen molar-refractivity contribution in [3.63, 3.8) is 0 Å². The van der Waals surface area contributed by atoms with E-state index in [1.807, 2.05) is 42.5 Å². The fourth-order valence-corrected chi connectivity index (χ4v) is 2.74. The van der Waals surface area contributed by atoms with E-state index in [1.165, 1.54) is 0 Å². The van der Waals surface area contributed by atoms with Gasteiger partial charge < -0.3 is 15.7 Å². The minimum atomic E-state index is -1.86. The molecule has 2 unspecified atom stereocenters. The van der Waals surface area contributed by atoms with Crippen LogP contribution in [0.1, 0.15) is 18.1 Å². The molecule has 2 aromatic carbocycles. The van der Waals surface area contributed by atoms with Crippen molar-refractivity contribution in [3.05, 3.63) is 48.0 Å². The molecule has 0 bridgehead atoms. The molecule has 0 saturated carbocycles. The molecular formula is C17H20ClFN2O2.